The molecule has 2 aliphatic heterocycles. The van der Waals surface area contributed by atoms with E-state index in [1.807, 2.05) is 0 Å². The summed E-state index contributed by atoms with van der Waals surface area (Å²) in [5.41, 5.74) is 13.4. The van der Waals surface area contributed by atoms with Crippen LogP contribution in [0.3, 0.4) is 0 Å². The van der Waals surface area contributed by atoms with Crippen LogP contribution in [-0.4, -0.2) is 42.1 Å². The fourth-order valence-electron chi connectivity index (χ4n) is 5.33. The maximum absolute atomic E-state index is 13.1. The van der Waals surface area contributed by atoms with Gasteiger partial charge in [0.2, 0.25) is 11.4 Å². The highest BCUT2D eigenvalue weighted by Crippen LogP contribution is 2.49. The van der Waals surface area contributed by atoms with Crippen LogP contribution >= 0.6 is 0 Å². The van der Waals surface area contributed by atoms with E-state index in [0.717, 1.165) is 11.3 Å². The highest BCUT2D eigenvalue weighted by atomic mass is 16.3. The number of nitrogens with zero attached hydrogens (tertiary/aromatic N) is 2. The molecular formula is C24H25N4O4+. The predicted molar refractivity (Wildman–Crippen MR) is 120 cm³/mol. The van der Waals surface area contributed by atoms with Crippen molar-refractivity contribution in [3.8, 4) is 12.3 Å². The molecule has 1 fully saturated rings. The van der Waals surface area contributed by atoms with Gasteiger partial charge in [-0.05, 0) is 36.2 Å². The standard InChI is InChI=1S/C24H24N4O4/c1-3-16-4-7-19(8-5-16)28(23(26)32)14-20(30)13-24(28,22(25)31)18-6-9-21-17(12-18)10-11-27(21)15(2)29/h1,4-9,12,20,30H,10-11,13-14H2,2H3,(H3-,25,26,31,32)/p+1/t20-,24-,28?/m1/s1. The molecule has 3 atom stereocenters. The van der Waals surface area contributed by atoms with Crippen molar-refractivity contribution in [1.82, 2.24) is 4.48 Å². The Kier molecular flexibility index (Phi) is 5.04. The van der Waals surface area contributed by atoms with Gasteiger partial charge in [0.15, 0.2) is 0 Å². The monoisotopic (exact) mass is 433 g/mol. The molecule has 2 aliphatic rings. The summed E-state index contributed by atoms with van der Waals surface area (Å²) in [6.45, 7) is 1.92. The van der Waals surface area contributed by atoms with E-state index in [-0.39, 0.29) is 18.9 Å². The molecule has 8 heteroatoms. The predicted octanol–water partition coefficient (Wildman–Crippen LogP) is 1.11. The minimum atomic E-state index is -1.62. The first kappa shape index (κ1) is 21.6. The van der Waals surface area contributed by atoms with E-state index in [1.165, 1.54) is 6.92 Å². The Bertz CT molecular complexity index is 1170. The Hall–Kier alpha value is -3.67. The number of urea groups is 1. The van der Waals surface area contributed by atoms with Gasteiger partial charge in [-0.3, -0.25) is 9.59 Å². The quantitative estimate of drug-likeness (QED) is 0.495. The third-order valence-corrected chi connectivity index (χ3v) is 6.76. The molecule has 2 aromatic carbocycles. The average molecular weight is 433 g/mol. The van der Waals surface area contributed by atoms with Crippen LogP contribution in [0.5, 0.6) is 0 Å². The van der Waals surface area contributed by atoms with Crippen molar-refractivity contribution in [2.45, 2.75) is 31.4 Å². The zero-order valence-corrected chi connectivity index (χ0v) is 17.7. The molecule has 1 unspecified atom stereocenters. The summed E-state index contributed by atoms with van der Waals surface area (Å²) in [4.78, 5) is 39.8. The average Bonchev–Trinajstić information content (AvgIpc) is 3.33. The Morgan fingerprint density at radius 2 is 1.88 bits per heavy atom. The maximum atomic E-state index is 13.1. The topological polar surface area (TPSA) is 127 Å². The van der Waals surface area contributed by atoms with Gasteiger partial charge in [-0.2, -0.15) is 4.48 Å². The van der Waals surface area contributed by atoms with Gasteiger partial charge in [0, 0.05) is 48.8 Å². The molecule has 2 heterocycles. The summed E-state index contributed by atoms with van der Waals surface area (Å²) in [5.74, 6) is 1.67. The number of benzene rings is 2. The summed E-state index contributed by atoms with van der Waals surface area (Å²) in [6, 6.07) is 11.0. The largest absolute Gasteiger partial charge is 0.420 e. The first-order valence-electron chi connectivity index (χ1n) is 10.3. The number of rotatable bonds is 3. The first-order valence-corrected chi connectivity index (χ1v) is 10.3. The van der Waals surface area contributed by atoms with Crippen molar-refractivity contribution in [3.05, 3.63) is 59.2 Å². The number of hydrogen-bond acceptors (Lipinski definition) is 4. The summed E-state index contributed by atoms with van der Waals surface area (Å²) < 4.78 is -0.649. The number of quaternary nitrogens is 1. The second kappa shape index (κ2) is 7.48. The number of aliphatic hydroxyl groups is 1. The van der Waals surface area contributed by atoms with Crippen molar-refractivity contribution in [2.24, 2.45) is 11.5 Å². The van der Waals surface area contributed by atoms with E-state index >= 15 is 0 Å². The van der Waals surface area contributed by atoms with Gasteiger partial charge in [0.1, 0.15) is 18.3 Å². The Morgan fingerprint density at radius 1 is 1.19 bits per heavy atom. The molecule has 0 aliphatic carbocycles. The molecular weight excluding hydrogens is 408 g/mol. The molecule has 164 valence electrons. The first-order chi connectivity index (χ1) is 15.2. The number of likely N-dealkylation sites (tertiary alicyclic amines) is 1. The van der Waals surface area contributed by atoms with Crippen molar-refractivity contribution >= 4 is 29.2 Å². The minimum absolute atomic E-state index is 0.0721. The summed E-state index contributed by atoms with van der Waals surface area (Å²) >= 11 is 0. The van der Waals surface area contributed by atoms with E-state index in [0.29, 0.717) is 29.8 Å². The van der Waals surface area contributed by atoms with E-state index in [4.69, 9.17) is 17.9 Å². The lowest BCUT2D eigenvalue weighted by atomic mass is 9.82. The lowest BCUT2D eigenvalue weighted by Crippen LogP contribution is -2.70. The van der Waals surface area contributed by atoms with Gasteiger partial charge in [-0.1, -0.05) is 12.0 Å². The Labute approximate surface area is 186 Å². The molecule has 4 amide bonds. The van der Waals surface area contributed by atoms with Crippen molar-refractivity contribution in [1.29, 1.82) is 0 Å². The molecule has 5 N–H and O–H groups in total. The highest BCUT2D eigenvalue weighted by molar-refractivity contribution is 6.00. The molecule has 0 spiro atoms. The van der Waals surface area contributed by atoms with Crippen LogP contribution in [0.4, 0.5) is 16.2 Å². The molecule has 1 saturated heterocycles. The number of terminal acetylenes is 1. The smallest absolute Gasteiger partial charge is 0.387 e. The lowest BCUT2D eigenvalue weighted by Gasteiger charge is -2.42. The zero-order chi connectivity index (χ0) is 23.3. The van der Waals surface area contributed by atoms with Crippen LogP contribution in [0.15, 0.2) is 42.5 Å². The van der Waals surface area contributed by atoms with Crippen molar-refractivity contribution < 1.29 is 19.5 Å². The second-order valence-electron chi connectivity index (χ2n) is 8.37. The van der Waals surface area contributed by atoms with Crippen LogP contribution in [-0.2, 0) is 21.5 Å². The van der Waals surface area contributed by atoms with Gasteiger partial charge in [-0.15, -0.1) is 6.42 Å². The molecule has 2 aromatic rings. The van der Waals surface area contributed by atoms with Crippen molar-refractivity contribution in [2.75, 3.05) is 18.0 Å². The summed E-state index contributed by atoms with van der Waals surface area (Å²) in [5, 5.41) is 10.7. The summed E-state index contributed by atoms with van der Waals surface area (Å²) in [6.07, 6.45) is 4.99. The van der Waals surface area contributed by atoms with Gasteiger partial charge in [0.05, 0.1) is 0 Å². The third kappa shape index (κ3) is 2.83. The molecule has 0 radical (unpaired) electrons. The second-order valence-corrected chi connectivity index (χ2v) is 8.37. The number of carbonyl (C=O) groups excluding carboxylic acids is 3. The van der Waals surface area contributed by atoms with E-state index in [2.05, 4.69) is 5.92 Å². The number of aliphatic hydroxyl groups excluding tert-OH is 1. The van der Waals surface area contributed by atoms with Gasteiger partial charge in [-0.25, -0.2) is 4.79 Å². The molecule has 8 nitrogen and oxygen atoms in total. The number of carbonyl (C=O) groups is 3. The van der Waals surface area contributed by atoms with Crippen LogP contribution in [0, 0.1) is 12.3 Å². The number of hydrogen-bond donors (Lipinski definition) is 3. The maximum Gasteiger partial charge on any atom is 0.420 e. The Balaban J connectivity index is 1.97. The van der Waals surface area contributed by atoms with Crippen LogP contribution in [0.25, 0.3) is 0 Å². The molecule has 0 saturated carbocycles. The van der Waals surface area contributed by atoms with Gasteiger partial charge < -0.3 is 21.5 Å². The summed E-state index contributed by atoms with van der Waals surface area (Å²) in [7, 11) is 0. The van der Waals surface area contributed by atoms with Crippen LogP contribution in [0.2, 0.25) is 0 Å². The van der Waals surface area contributed by atoms with Gasteiger partial charge in [0.25, 0.3) is 5.91 Å². The lowest BCUT2D eigenvalue weighted by molar-refractivity contribution is -0.127. The van der Waals surface area contributed by atoms with E-state index in [1.54, 1.807) is 47.4 Å². The Morgan fingerprint density at radius 3 is 2.44 bits per heavy atom. The molecule has 0 aromatic heterocycles. The zero-order valence-electron chi connectivity index (χ0n) is 17.7. The SMILES string of the molecule is C#Cc1ccc([N+]2(C(N)=O)C[C@H](O)C[C@]2(C(N)=O)c2ccc3c(c2)CCN3C(C)=O)cc1. The van der Waals surface area contributed by atoms with Crippen molar-refractivity contribution in [3.63, 3.8) is 0 Å². The number of anilines is 1. The molecule has 0 bridgehead atoms. The highest BCUT2D eigenvalue weighted by Gasteiger charge is 2.68. The fraction of sp³-hybridized carbons (Fsp3) is 0.292. The fourth-order valence-corrected chi connectivity index (χ4v) is 5.33. The number of fused-ring (bicyclic) bond motifs is 1. The number of amides is 4. The van der Waals surface area contributed by atoms with Crippen LogP contribution in [0.1, 0.15) is 30.0 Å². The van der Waals surface area contributed by atoms with Gasteiger partial charge >= 0.3 is 6.03 Å². The van der Waals surface area contributed by atoms with E-state index in [9.17, 15) is 19.5 Å². The number of nitrogens with two attached hydrogens (primary N) is 2. The number of primary amides is 2. The normalized spacial score (nSPS) is 26.4. The molecule has 4 rings (SSSR count). The minimum Gasteiger partial charge on any atom is -0.387 e. The van der Waals surface area contributed by atoms with E-state index < -0.39 is 28.1 Å². The molecule has 32 heavy (non-hydrogen) atoms. The van der Waals surface area contributed by atoms with Crippen LogP contribution < -0.4 is 20.9 Å². The third-order valence-electron chi connectivity index (χ3n) is 6.76.